The van der Waals surface area contributed by atoms with E-state index in [1.807, 2.05) is 0 Å². The lowest BCUT2D eigenvalue weighted by atomic mass is 9.89. The van der Waals surface area contributed by atoms with Crippen LogP contribution in [-0.2, 0) is 16.4 Å². The second kappa shape index (κ2) is 5.75. The van der Waals surface area contributed by atoms with E-state index in [0.717, 1.165) is 16.7 Å². The van der Waals surface area contributed by atoms with Gasteiger partial charge in [-0.1, -0.05) is 6.42 Å². The van der Waals surface area contributed by atoms with Crippen LogP contribution in [0.1, 0.15) is 30.6 Å². The number of hydrogen-bond acceptors (Lipinski definition) is 4. The molecule has 0 radical (unpaired) electrons. The monoisotopic (exact) mass is 315 g/mol. The highest BCUT2D eigenvalue weighted by molar-refractivity contribution is 7.91. The number of rotatable bonds is 6. The molecule has 3 atom stereocenters. The molecule has 20 heavy (non-hydrogen) atoms. The maximum absolute atomic E-state index is 12.2. The normalized spacial score (nSPS) is 29.1. The number of aliphatic hydroxyl groups is 1. The number of fused-ring (bicyclic) bond motifs is 2. The maximum Gasteiger partial charge on any atom is 0.250 e. The van der Waals surface area contributed by atoms with Crippen molar-refractivity contribution in [1.82, 2.24) is 4.72 Å². The lowest BCUT2D eigenvalue weighted by Crippen LogP contribution is -2.31. The Labute approximate surface area is 124 Å². The second-order valence-corrected chi connectivity index (χ2v) is 9.14. The number of thiophene rings is 1. The van der Waals surface area contributed by atoms with Gasteiger partial charge in [0.2, 0.25) is 10.0 Å². The van der Waals surface area contributed by atoms with Crippen molar-refractivity contribution >= 4 is 21.4 Å². The van der Waals surface area contributed by atoms with Crippen molar-refractivity contribution in [1.29, 1.82) is 0 Å². The number of aliphatic hydroxyl groups excluding tert-OH is 1. The van der Waals surface area contributed by atoms with Crippen molar-refractivity contribution in [3.8, 4) is 0 Å². The van der Waals surface area contributed by atoms with Crippen LogP contribution in [0.15, 0.2) is 16.3 Å². The topological polar surface area (TPSA) is 66.4 Å². The van der Waals surface area contributed by atoms with Gasteiger partial charge in [0, 0.05) is 24.4 Å². The van der Waals surface area contributed by atoms with E-state index < -0.39 is 10.0 Å². The van der Waals surface area contributed by atoms with E-state index in [1.165, 1.54) is 37.0 Å². The van der Waals surface area contributed by atoms with Crippen LogP contribution in [-0.4, -0.2) is 26.7 Å². The minimum Gasteiger partial charge on any atom is -0.396 e. The minimum atomic E-state index is -3.38. The molecule has 2 saturated carbocycles. The average molecular weight is 315 g/mol. The van der Waals surface area contributed by atoms with Crippen molar-refractivity contribution in [2.24, 2.45) is 17.8 Å². The van der Waals surface area contributed by atoms with Gasteiger partial charge in [-0.25, -0.2) is 13.1 Å². The molecule has 0 spiro atoms. The third-order valence-electron chi connectivity index (χ3n) is 4.68. The van der Waals surface area contributed by atoms with E-state index in [1.54, 1.807) is 12.1 Å². The highest BCUT2D eigenvalue weighted by Gasteiger charge is 2.39. The number of sulfonamides is 1. The molecular weight excluding hydrogens is 294 g/mol. The van der Waals surface area contributed by atoms with Gasteiger partial charge in [-0.2, -0.15) is 0 Å². The fourth-order valence-electron chi connectivity index (χ4n) is 3.66. The molecule has 1 heterocycles. The number of nitrogens with one attached hydrogen (secondary N) is 1. The first-order valence-electron chi connectivity index (χ1n) is 7.27. The standard InChI is InChI=1S/C14H21NO3S2/c16-6-5-13-3-4-14(19-13)20(17,18)15-9-12-8-10-1-2-11(12)7-10/h3-4,10-12,15-16H,1-2,5-9H2. The average Bonchev–Trinajstić information content (AvgIpc) is 3.12. The zero-order valence-electron chi connectivity index (χ0n) is 11.4. The van der Waals surface area contributed by atoms with Gasteiger partial charge < -0.3 is 5.11 Å². The van der Waals surface area contributed by atoms with E-state index >= 15 is 0 Å². The molecule has 6 heteroatoms. The van der Waals surface area contributed by atoms with Gasteiger partial charge in [0.25, 0.3) is 0 Å². The molecule has 2 fully saturated rings. The van der Waals surface area contributed by atoms with E-state index in [0.29, 0.717) is 23.1 Å². The summed E-state index contributed by atoms with van der Waals surface area (Å²) >= 11 is 1.25. The van der Waals surface area contributed by atoms with Gasteiger partial charge in [-0.3, -0.25) is 0 Å². The molecule has 1 aromatic rings. The van der Waals surface area contributed by atoms with E-state index in [9.17, 15) is 8.42 Å². The Morgan fingerprint density at radius 3 is 2.80 bits per heavy atom. The van der Waals surface area contributed by atoms with Gasteiger partial charge in [-0.15, -0.1) is 11.3 Å². The predicted molar refractivity (Wildman–Crippen MR) is 79.2 cm³/mol. The van der Waals surface area contributed by atoms with Crippen molar-refractivity contribution in [2.45, 2.75) is 36.3 Å². The van der Waals surface area contributed by atoms with Crippen molar-refractivity contribution in [3.63, 3.8) is 0 Å². The summed E-state index contributed by atoms with van der Waals surface area (Å²) in [6.45, 7) is 0.634. The molecule has 3 rings (SSSR count). The third kappa shape index (κ3) is 2.93. The molecular formula is C14H21NO3S2. The maximum atomic E-state index is 12.2. The second-order valence-electron chi connectivity index (χ2n) is 5.98. The molecule has 0 aromatic carbocycles. The van der Waals surface area contributed by atoms with Gasteiger partial charge in [0.1, 0.15) is 4.21 Å². The highest BCUT2D eigenvalue weighted by Crippen LogP contribution is 2.48. The fraction of sp³-hybridized carbons (Fsp3) is 0.714. The van der Waals surface area contributed by atoms with Crippen LogP contribution in [0, 0.1) is 17.8 Å². The zero-order valence-corrected chi connectivity index (χ0v) is 13.0. The summed E-state index contributed by atoms with van der Waals surface area (Å²) in [6, 6.07) is 3.42. The third-order valence-corrected chi connectivity index (χ3v) is 7.74. The van der Waals surface area contributed by atoms with Crippen LogP contribution in [0.25, 0.3) is 0 Å². The molecule has 112 valence electrons. The van der Waals surface area contributed by atoms with Crippen molar-refractivity contribution < 1.29 is 13.5 Å². The Bertz CT molecular complexity index is 567. The Morgan fingerprint density at radius 2 is 2.15 bits per heavy atom. The first kappa shape index (κ1) is 14.5. The van der Waals surface area contributed by atoms with Crippen LogP contribution in [0.2, 0.25) is 0 Å². The summed E-state index contributed by atoms with van der Waals surface area (Å²) < 4.78 is 27.6. The summed E-state index contributed by atoms with van der Waals surface area (Å²) in [4.78, 5) is 0.910. The van der Waals surface area contributed by atoms with E-state index in [2.05, 4.69) is 4.72 Å². The molecule has 2 aliphatic rings. The largest absolute Gasteiger partial charge is 0.396 e. The number of hydrogen-bond donors (Lipinski definition) is 2. The molecule has 1 aromatic heterocycles. The van der Waals surface area contributed by atoms with E-state index in [4.69, 9.17) is 5.11 Å². The van der Waals surface area contributed by atoms with Crippen LogP contribution >= 0.6 is 11.3 Å². The summed E-state index contributed by atoms with van der Waals surface area (Å²) in [5.74, 6) is 2.10. The Balaban J connectivity index is 1.60. The summed E-state index contributed by atoms with van der Waals surface area (Å²) in [7, 11) is -3.38. The Kier molecular flexibility index (Phi) is 4.17. The van der Waals surface area contributed by atoms with Gasteiger partial charge in [-0.05, 0) is 49.1 Å². The summed E-state index contributed by atoms with van der Waals surface area (Å²) in [6.07, 6.45) is 5.62. The molecule has 0 amide bonds. The van der Waals surface area contributed by atoms with Crippen LogP contribution in [0.3, 0.4) is 0 Å². The van der Waals surface area contributed by atoms with Crippen LogP contribution in [0.4, 0.5) is 0 Å². The highest BCUT2D eigenvalue weighted by atomic mass is 32.2. The molecule has 4 nitrogen and oxygen atoms in total. The minimum absolute atomic E-state index is 0.0541. The predicted octanol–water partition coefficient (Wildman–Crippen LogP) is 2.00. The first-order chi connectivity index (χ1) is 9.58. The van der Waals surface area contributed by atoms with Crippen LogP contribution in [0.5, 0.6) is 0 Å². The van der Waals surface area contributed by atoms with E-state index in [-0.39, 0.29) is 6.61 Å². The van der Waals surface area contributed by atoms with Gasteiger partial charge in [0.05, 0.1) is 0 Å². The van der Waals surface area contributed by atoms with Gasteiger partial charge >= 0.3 is 0 Å². The molecule has 2 bridgehead atoms. The molecule has 0 saturated heterocycles. The molecule has 2 N–H and O–H groups in total. The van der Waals surface area contributed by atoms with Crippen molar-refractivity contribution in [3.05, 3.63) is 17.0 Å². The first-order valence-corrected chi connectivity index (χ1v) is 9.57. The quantitative estimate of drug-likeness (QED) is 0.844. The fourth-order valence-corrected chi connectivity index (χ4v) is 6.15. The Morgan fingerprint density at radius 1 is 1.30 bits per heavy atom. The lowest BCUT2D eigenvalue weighted by molar-refractivity contribution is 0.300. The SMILES string of the molecule is O=S(=O)(NCC1CC2CCC1C2)c1ccc(CCO)s1. The molecule has 2 aliphatic carbocycles. The smallest absolute Gasteiger partial charge is 0.250 e. The summed E-state index contributed by atoms with van der Waals surface area (Å²) in [5.41, 5.74) is 0. The van der Waals surface area contributed by atoms with Gasteiger partial charge in [0.15, 0.2) is 0 Å². The van der Waals surface area contributed by atoms with Crippen LogP contribution < -0.4 is 4.72 Å². The summed E-state index contributed by atoms with van der Waals surface area (Å²) in [5, 5.41) is 8.88. The van der Waals surface area contributed by atoms with Crippen molar-refractivity contribution in [2.75, 3.05) is 13.2 Å². The zero-order chi connectivity index (χ0) is 14.2. The lowest BCUT2D eigenvalue weighted by Gasteiger charge is -2.21. The molecule has 0 aliphatic heterocycles. The molecule has 3 unspecified atom stereocenters. The Hall–Kier alpha value is -0.430.